The molecule has 2 heteroatoms. The Balaban J connectivity index is 0.000000360. The summed E-state index contributed by atoms with van der Waals surface area (Å²) in [6.07, 6.45) is 3.50. The van der Waals surface area contributed by atoms with E-state index in [4.69, 9.17) is 0 Å². The quantitative estimate of drug-likeness (QED) is 0.688. The molecule has 0 saturated heterocycles. The first-order valence-corrected chi connectivity index (χ1v) is 1.85. The van der Waals surface area contributed by atoms with E-state index in [2.05, 4.69) is 4.98 Å². The molecule has 0 spiro atoms. The number of pyridine rings is 1. The smallest absolute Gasteiger partial charge is 0.0267 e. The van der Waals surface area contributed by atoms with Gasteiger partial charge in [-0.15, -0.1) is 0 Å². The van der Waals surface area contributed by atoms with Gasteiger partial charge in [0, 0.05) is 32.5 Å². The van der Waals surface area contributed by atoms with E-state index < -0.39 is 0 Å². The van der Waals surface area contributed by atoms with Gasteiger partial charge in [0.1, 0.15) is 0 Å². The standard InChI is InChI=1S/C5H5N.Ir/c1-2-4-6-5-3-1;/h1-5H;. The second kappa shape index (κ2) is 3.97. The van der Waals surface area contributed by atoms with Gasteiger partial charge in [0.2, 0.25) is 0 Å². The number of hydrogen-bond acceptors (Lipinski definition) is 1. The van der Waals surface area contributed by atoms with Gasteiger partial charge in [-0.25, -0.2) is 0 Å². The summed E-state index contributed by atoms with van der Waals surface area (Å²) >= 11 is 0. The van der Waals surface area contributed by atoms with Gasteiger partial charge in [0.15, 0.2) is 0 Å². The van der Waals surface area contributed by atoms with Gasteiger partial charge in [-0.1, -0.05) is 6.07 Å². The van der Waals surface area contributed by atoms with Crippen LogP contribution in [0.25, 0.3) is 0 Å². The Kier molecular flexibility index (Phi) is 3.86. The molecule has 1 rings (SSSR count). The molecule has 0 N–H and O–H groups in total. The first-order valence-electron chi connectivity index (χ1n) is 1.85. The van der Waals surface area contributed by atoms with Crippen molar-refractivity contribution in [1.29, 1.82) is 0 Å². The summed E-state index contributed by atoms with van der Waals surface area (Å²) < 4.78 is 0. The Morgan fingerprint density at radius 1 is 0.857 bits per heavy atom. The Morgan fingerprint density at radius 2 is 1.43 bits per heavy atom. The predicted molar refractivity (Wildman–Crippen MR) is 24.2 cm³/mol. The van der Waals surface area contributed by atoms with Crippen LogP contribution >= 0.6 is 0 Å². The monoisotopic (exact) mass is 272 g/mol. The SMILES string of the molecule is [Ir].c1ccncc1. The third-order valence-electron chi connectivity index (χ3n) is 0.566. The third kappa shape index (κ3) is 2.49. The van der Waals surface area contributed by atoms with E-state index in [0.717, 1.165) is 0 Å². The Labute approximate surface area is 56.1 Å². The summed E-state index contributed by atoms with van der Waals surface area (Å²) in [4.78, 5) is 3.78. The maximum Gasteiger partial charge on any atom is 0.0267 e. The van der Waals surface area contributed by atoms with E-state index in [1.807, 2.05) is 18.2 Å². The van der Waals surface area contributed by atoms with Crippen molar-refractivity contribution in [3.8, 4) is 0 Å². The maximum absolute atomic E-state index is 3.78. The van der Waals surface area contributed by atoms with Gasteiger partial charge in [0.25, 0.3) is 0 Å². The molecule has 0 fully saturated rings. The fourth-order valence-electron chi connectivity index (χ4n) is 0.313. The Bertz CT molecular complexity index is 80.0. The topological polar surface area (TPSA) is 12.9 Å². The van der Waals surface area contributed by atoms with Crippen molar-refractivity contribution in [1.82, 2.24) is 4.98 Å². The molecule has 0 aliphatic rings. The molecule has 1 nitrogen and oxygen atoms in total. The summed E-state index contributed by atoms with van der Waals surface area (Å²) in [6.45, 7) is 0. The van der Waals surface area contributed by atoms with Crippen LogP contribution in [0.1, 0.15) is 0 Å². The molecule has 1 aromatic rings. The van der Waals surface area contributed by atoms with Crippen molar-refractivity contribution >= 4 is 0 Å². The van der Waals surface area contributed by atoms with Crippen molar-refractivity contribution < 1.29 is 20.1 Å². The minimum Gasteiger partial charge on any atom is -0.265 e. The molecule has 0 atom stereocenters. The first-order chi connectivity index (χ1) is 3.00. The average Bonchev–Trinajstić information content (AvgIpc) is 1.72. The van der Waals surface area contributed by atoms with Crippen LogP contribution in [0.4, 0.5) is 0 Å². The molecule has 0 bridgehead atoms. The van der Waals surface area contributed by atoms with Gasteiger partial charge in [-0.2, -0.15) is 0 Å². The molecule has 1 heterocycles. The van der Waals surface area contributed by atoms with E-state index >= 15 is 0 Å². The number of aromatic nitrogens is 1. The van der Waals surface area contributed by atoms with E-state index in [-0.39, 0.29) is 20.1 Å². The molecule has 0 aliphatic heterocycles. The largest absolute Gasteiger partial charge is 0.265 e. The fourth-order valence-corrected chi connectivity index (χ4v) is 0.313. The van der Waals surface area contributed by atoms with Gasteiger partial charge < -0.3 is 0 Å². The summed E-state index contributed by atoms with van der Waals surface area (Å²) in [5, 5.41) is 0. The third-order valence-corrected chi connectivity index (χ3v) is 0.566. The molecule has 39 valence electrons. The normalized spacial score (nSPS) is 6.86. The second-order valence-corrected chi connectivity index (χ2v) is 1.02. The van der Waals surface area contributed by atoms with Crippen molar-refractivity contribution in [2.24, 2.45) is 0 Å². The van der Waals surface area contributed by atoms with Crippen molar-refractivity contribution in [3.63, 3.8) is 0 Å². The van der Waals surface area contributed by atoms with Crippen molar-refractivity contribution in [3.05, 3.63) is 30.6 Å². The second-order valence-electron chi connectivity index (χ2n) is 1.02. The zero-order valence-corrected chi connectivity index (χ0v) is 6.06. The van der Waals surface area contributed by atoms with E-state index in [0.29, 0.717) is 0 Å². The molecule has 0 aromatic carbocycles. The van der Waals surface area contributed by atoms with Crippen LogP contribution < -0.4 is 0 Å². The molecule has 1 aromatic heterocycles. The van der Waals surface area contributed by atoms with E-state index in [1.165, 1.54) is 0 Å². The number of hydrogen-bond donors (Lipinski definition) is 0. The molecule has 0 aliphatic carbocycles. The van der Waals surface area contributed by atoms with Crippen molar-refractivity contribution in [2.75, 3.05) is 0 Å². The predicted octanol–water partition coefficient (Wildman–Crippen LogP) is 1.08. The van der Waals surface area contributed by atoms with Crippen LogP contribution in [0, 0.1) is 0 Å². The minimum absolute atomic E-state index is 0. The molecular weight excluding hydrogens is 266 g/mol. The number of nitrogens with zero attached hydrogens (tertiary/aromatic N) is 1. The van der Waals surface area contributed by atoms with Crippen LogP contribution in [0.5, 0.6) is 0 Å². The summed E-state index contributed by atoms with van der Waals surface area (Å²) in [6, 6.07) is 5.72. The van der Waals surface area contributed by atoms with Gasteiger partial charge >= 0.3 is 0 Å². The van der Waals surface area contributed by atoms with Gasteiger partial charge in [-0.3, -0.25) is 4.98 Å². The van der Waals surface area contributed by atoms with Crippen molar-refractivity contribution in [2.45, 2.75) is 0 Å². The molecule has 0 unspecified atom stereocenters. The zero-order chi connectivity index (χ0) is 4.24. The summed E-state index contributed by atoms with van der Waals surface area (Å²) in [7, 11) is 0. The van der Waals surface area contributed by atoms with Crippen LogP contribution in [0.15, 0.2) is 30.6 Å². The van der Waals surface area contributed by atoms with Crippen LogP contribution in [-0.4, -0.2) is 4.98 Å². The molecule has 0 saturated carbocycles. The minimum atomic E-state index is 0. The van der Waals surface area contributed by atoms with E-state index in [1.54, 1.807) is 12.4 Å². The van der Waals surface area contributed by atoms with Crippen LogP contribution in [-0.2, 0) is 20.1 Å². The fraction of sp³-hybridized carbons (Fsp3) is 0. The summed E-state index contributed by atoms with van der Waals surface area (Å²) in [5.74, 6) is 0. The maximum atomic E-state index is 3.78. The zero-order valence-electron chi connectivity index (χ0n) is 3.67. The summed E-state index contributed by atoms with van der Waals surface area (Å²) in [5.41, 5.74) is 0. The Hall–Kier alpha value is -0.201. The van der Waals surface area contributed by atoms with Gasteiger partial charge in [0.05, 0.1) is 0 Å². The molecule has 0 amide bonds. The average molecular weight is 271 g/mol. The molecule has 1 radical (unpaired) electrons. The number of rotatable bonds is 0. The van der Waals surface area contributed by atoms with Gasteiger partial charge in [-0.05, 0) is 12.1 Å². The van der Waals surface area contributed by atoms with Crippen LogP contribution in [0.2, 0.25) is 0 Å². The van der Waals surface area contributed by atoms with Crippen LogP contribution in [0.3, 0.4) is 0 Å². The molecule has 7 heavy (non-hydrogen) atoms. The molecular formula is C5H5IrN. The van der Waals surface area contributed by atoms with E-state index in [9.17, 15) is 0 Å². The first kappa shape index (κ1) is 6.80. The Morgan fingerprint density at radius 3 is 1.57 bits per heavy atom.